The van der Waals surface area contributed by atoms with Crippen molar-refractivity contribution in [2.75, 3.05) is 43.4 Å². The van der Waals surface area contributed by atoms with Crippen molar-refractivity contribution in [3.05, 3.63) is 45.2 Å². The van der Waals surface area contributed by atoms with Gasteiger partial charge in [0.2, 0.25) is 0 Å². The van der Waals surface area contributed by atoms with E-state index in [1.165, 1.54) is 4.88 Å². The highest BCUT2D eigenvalue weighted by atomic mass is 35.5. The molecular formula is C18H20ClF3N4OS2. The van der Waals surface area contributed by atoms with Crippen molar-refractivity contribution in [2.24, 2.45) is 0 Å². The zero-order valence-electron chi connectivity index (χ0n) is 15.4. The van der Waals surface area contributed by atoms with Crippen LogP contribution in [0.4, 0.5) is 23.8 Å². The maximum atomic E-state index is 12.7. The first-order valence-corrected chi connectivity index (χ1v) is 11.4. The largest absolute Gasteiger partial charge is 0.417 e. The number of nitrogens with zero attached hydrogens (tertiary/aromatic N) is 3. The summed E-state index contributed by atoms with van der Waals surface area (Å²) >= 11 is 9.49. The first-order valence-electron chi connectivity index (χ1n) is 8.95. The van der Waals surface area contributed by atoms with E-state index in [1.54, 1.807) is 32.9 Å². The Morgan fingerprint density at radius 1 is 1.31 bits per heavy atom. The molecule has 2 aromatic heterocycles. The molecule has 2 aromatic rings. The van der Waals surface area contributed by atoms with Crippen molar-refractivity contribution in [3.8, 4) is 0 Å². The van der Waals surface area contributed by atoms with E-state index in [-0.39, 0.29) is 11.1 Å². The molecule has 158 valence electrons. The van der Waals surface area contributed by atoms with Crippen LogP contribution in [0.1, 0.15) is 10.4 Å². The van der Waals surface area contributed by atoms with E-state index in [1.807, 2.05) is 11.4 Å². The molecule has 1 fully saturated rings. The van der Waals surface area contributed by atoms with E-state index in [9.17, 15) is 18.0 Å². The number of alkyl halides is 3. The molecule has 0 atom stereocenters. The molecule has 0 aliphatic carbocycles. The van der Waals surface area contributed by atoms with Crippen molar-refractivity contribution in [1.29, 1.82) is 0 Å². The minimum Gasteiger partial charge on any atom is -0.352 e. The summed E-state index contributed by atoms with van der Waals surface area (Å²) in [6.07, 6.45) is -3.69. The van der Waals surface area contributed by atoms with Crippen LogP contribution >= 0.6 is 34.7 Å². The molecule has 0 radical (unpaired) electrons. The van der Waals surface area contributed by atoms with Gasteiger partial charge in [-0.1, -0.05) is 17.7 Å². The van der Waals surface area contributed by atoms with Crippen LogP contribution in [0.15, 0.2) is 29.8 Å². The molecule has 0 spiro atoms. The molecule has 0 bridgehead atoms. The number of urea groups is 1. The van der Waals surface area contributed by atoms with Gasteiger partial charge in [-0.05, 0) is 17.5 Å². The highest BCUT2D eigenvalue weighted by molar-refractivity contribution is 7.98. The standard InChI is InChI=1S/C18H20ClF3N4OS2/c19-15-10-13(18(20,21)22)11-24-16(15)25-4-6-26(7-5-25)17(27)23-3-9-28-12-14-2-1-8-29-14/h1-2,8,10-11H,3-7,9,12H2,(H,23,27). The average Bonchev–Trinajstić information content (AvgIpc) is 3.20. The number of thiophene rings is 1. The molecule has 0 aromatic carbocycles. The van der Waals surface area contributed by atoms with Gasteiger partial charge in [0, 0.05) is 55.3 Å². The maximum absolute atomic E-state index is 12.7. The topological polar surface area (TPSA) is 48.5 Å². The van der Waals surface area contributed by atoms with E-state index < -0.39 is 11.7 Å². The smallest absolute Gasteiger partial charge is 0.352 e. The second-order valence-corrected chi connectivity index (χ2v) is 8.91. The van der Waals surface area contributed by atoms with E-state index in [0.29, 0.717) is 38.5 Å². The summed E-state index contributed by atoms with van der Waals surface area (Å²) in [6.45, 7) is 2.40. The van der Waals surface area contributed by atoms with Crippen molar-refractivity contribution in [1.82, 2.24) is 15.2 Å². The van der Waals surface area contributed by atoms with Gasteiger partial charge in [0.15, 0.2) is 0 Å². The molecular weight excluding hydrogens is 445 g/mol. The number of piperazine rings is 1. The number of amides is 2. The fourth-order valence-corrected chi connectivity index (χ4v) is 4.83. The number of anilines is 1. The zero-order chi connectivity index (χ0) is 20.9. The number of hydrogen-bond donors (Lipinski definition) is 1. The van der Waals surface area contributed by atoms with Crippen LogP contribution < -0.4 is 10.2 Å². The Hall–Kier alpha value is -1.65. The second-order valence-electron chi connectivity index (χ2n) is 6.37. The summed E-state index contributed by atoms with van der Waals surface area (Å²) in [7, 11) is 0. The quantitative estimate of drug-likeness (QED) is 0.636. The van der Waals surface area contributed by atoms with Crippen LogP contribution in [0.5, 0.6) is 0 Å². The lowest BCUT2D eigenvalue weighted by Crippen LogP contribution is -2.52. The first kappa shape index (κ1) is 22.0. The van der Waals surface area contributed by atoms with Crippen molar-refractivity contribution < 1.29 is 18.0 Å². The summed E-state index contributed by atoms with van der Waals surface area (Å²) in [5, 5.41) is 4.91. The number of aromatic nitrogens is 1. The number of rotatable bonds is 6. The van der Waals surface area contributed by atoms with Gasteiger partial charge in [0.1, 0.15) is 5.82 Å². The third-order valence-corrected chi connectivity index (χ3v) is 6.71. The minimum absolute atomic E-state index is 0.0412. The Morgan fingerprint density at radius 3 is 2.69 bits per heavy atom. The summed E-state index contributed by atoms with van der Waals surface area (Å²) in [5.74, 6) is 2.08. The Bertz CT molecular complexity index is 812. The molecule has 0 unspecified atom stereocenters. The highest BCUT2D eigenvalue weighted by Crippen LogP contribution is 2.33. The van der Waals surface area contributed by atoms with Gasteiger partial charge in [0.25, 0.3) is 0 Å². The van der Waals surface area contributed by atoms with Gasteiger partial charge in [-0.2, -0.15) is 24.9 Å². The molecule has 5 nitrogen and oxygen atoms in total. The van der Waals surface area contributed by atoms with Gasteiger partial charge in [-0.15, -0.1) is 11.3 Å². The van der Waals surface area contributed by atoms with Crippen molar-refractivity contribution in [2.45, 2.75) is 11.9 Å². The Balaban J connectivity index is 1.41. The number of carbonyl (C=O) groups excluding carboxylic acids is 1. The van der Waals surface area contributed by atoms with Crippen LogP contribution in [0, 0.1) is 0 Å². The third-order valence-electron chi connectivity index (χ3n) is 4.36. The first-order chi connectivity index (χ1) is 13.8. The monoisotopic (exact) mass is 464 g/mol. The predicted octanol–water partition coefficient (Wildman–Crippen LogP) is 4.58. The Labute approximate surface area is 180 Å². The number of halogens is 4. The van der Waals surface area contributed by atoms with Crippen LogP contribution in [0.3, 0.4) is 0 Å². The van der Waals surface area contributed by atoms with E-state index in [0.717, 1.165) is 23.8 Å². The fourth-order valence-electron chi connectivity index (χ4n) is 2.85. The van der Waals surface area contributed by atoms with Crippen molar-refractivity contribution >= 4 is 46.5 Å². The highest BCUT2D eigenvalue weighted by Gasteiger charge is 2.32. The number of thioether (sulfide) groups is 1. The summed E-state index contributed by atoms with van der Waals surface area (Å²) in [6, 6.07) is 4.87. The summed E-state index contributed by atoms with van der Waals surface area (Å²) < 4.78 is 38.2. The molecule has 1 aliphatic heterocycles. The minimum atomic E-state index is -4.48. The number of hydrogen-bond acceptors (Lipinski definition) is 5. The van der Waals surface area contributed by atoms with E-state index >= 15 is 0 Å². The normalized spacial score (nSPS) is 14.9. The number of nitrogens with one attached hydrogen (secondary N) is 1. The van der Waals surface area contributed by atoms with Gasteiger partial charge in [-0.25, -0.2) is 9.78 Å². The molecule has 1 aliphatic rings. The molecule has 1 saturated heterocycles. The van der Waals surface area contributed by atoms with E-state index in [4.69, 9.17) is 11.6 Å². The van der Waals surface area contributed by atoms with Crippen LogP contribution in [0.2, 0.25) is 5.02 Å². The molecule has 2 amide bonds. The maximum Gasteiger partial charge on any atom is 0.417 e. The number of carbonyl (C=O) groups is 1. The zero-order valence-corrected chi connectivity index (χ0v) is 17.8. The molecule has 11 heteroatoms. The second kappa shape index (κ2) is 9.90. The lowest BCUT2D eigenvalue weighted by molar-refractivity contribution is -0.137. The lowest BCUT2D eigenvalue weighted by atomic mass is 10.2. The lowest BCUT2D eigenvalue weighted by Gasteiger charge is -2.35. The molecule has 3 rings (SSSR count). The molecule has 29 heavy (non-hydrogen) atoms. The predicted molar refractivity (Wildman–Crippen MR) is 112 cm³/mol. The van der Waals surface area contributed by atoms with Gasteiger partial charge < -0.3 is 15.1 Å². The van der Waals surface area contributed by atoms with Crippen LogP contribution in [-0.4, -0.2) is 54.4 Å². The molecule has 0 saturated carbocycles. The van der Waals surface area contributed by atoms with Gasteiger partial charge in [0.05, 0.1) is 10.6 Å². The van der Waals surface area contributed by atoms with Gasteiger partial charge in [-0.3, -0.25) is 0 Å². The third kappa shape index (κ3) is 6.16. The number of pyridine rings is 1. The SMILES string of the molecule is O=C(NCCSCc1cccs1)N1CCN(c2ncc(C(F)(F)F)cc2Cl)CC1. The van der Waals surface area contributed by atoms with Crippen LogP contribution in [-0.2, 0) is 11.9 Å². The van der Waals surface area contributed by atoms with Crippen LogP contribution in [0.25, 0.3) is 0 Å². The Morgan fingerprint density at radius 2 is 2.07 bits per heavy atom. The summed E-state index contributed by atoms with van der Waals surface area (Å²) in [4.78, 5) is 21.0. The Kier molecular flexibility index (Phi) is 7.53. The van der Waals surface area contributed by atoms with E-state index in [2.05, 4.69) is 16.4 Å². The molecule has 3 heterocycles. The molecule has 1 N–H and O–H groups in total. The van der Waals surface area contributed by atoms with Crippen molar-refractivity contribution in [3.63, 3.8) is 0 Å². The average molecular weight is 465 g/mol. The fraction of sp³-hybridized carbons (Fsp3) is 0.444. The summed E-state index contributed by atoms with van der Waals surface area (Å²) in [5.41, 5.74) is -0.874. The van der Waals surface area contributed by atoms with Gasteiger partial charge >= 0.3 is 12.2 Å².